The van der Waals surface area contributed by atoms with Crippen LogP contribution in [0.3, 0.4) is 0 Å². The number of anilines is 1. The van der Waals surface area contributed by atoms with E-state index in [2.05, 4.69) is 53.4 Å². The number of piperazine rings is 1. The smallest absolute Gasteiger partial charge is 0.221 e. The van der Waals surface area contributed by atoms with Crippen molar-refractivity contribution in [3.63, 3.8) is 0 Å². The predicted molar refractivity (Wildman–Crippen MR) is 127 cm³/mol. The summed E-state index contributed by atoms with van der Waals surface area (Å²) in [4.78, 5) is 4.77. The molecule has 3 aromatic rings. The van der Waals surface area contributed by atoms with E-state index in [-0.39, 0.29) is 0 Å². The van der Waals surface area contributed by atoms with Crippen molar-refractivity contribution in [1.82, 2.24) is 4.31 Å². The van der Waals surface area contributed by atoms with Gasteiger partial charge in [0.1, 0.15) is 0 Å². The van der Waals surface area contributed by atoms with Crippen LogP contribution in [0.25, 0.3) is 0 Å². The maximum atomic E-state index is 13.4. The van der Waals surface area contributed by atoms with Crippen molar-refractivity contribution in [3.05, 3.63) is 89.5 Å². The molecule has 0 amide bonds. The molecule has 31 heavy (non-hydrogen) atoms. The summed E-state index contributed by atoms with van der Waals surface area (Å²) in [6, 6.07) is 24.8. The second kappa shape index (κ2) is 8.34. The topological polar surface area (TPSA) is 40.6 Å². The van der Waals surface area contributed by atoms with Crippen LogP contribution in [0.1, 0.15) is 28.9 Å². The molecule has 0 aliphatic carbocycles. The van der Waals surface area contributed by atoms with E-state index in [9.17, 15) is 8.42 Å². The minimum Gasteiger partial charge on any atom is -0.369 e. The maximum Gasteiger partial charge on any atom is 0.221 e. The van der Waals surface area contributed by atoms with E-state index in [4.69, 9.17) is 0 Å². The standard InChI is InChI=1S/C25H26N2O2S2/c1-19(20-11-12-25-22(17-20)18-21-7-5-6-10-24(21)30-25)31(28,29)27-15-13-26(14-16-27)23-8-3-2-4-9-23/h2-12,17,19H,13-16,18H2,1H3. The Labute approximate surface area is 188 Å². The van der Waals surface area contributed by atoms with Crippen LogP contribution >= 0.6 is 11.8 Å². The second-order valence-electron chi connectivity index (χ2n) is 8.16. The average molecular weight is 451 g/mol. The molecule has 160 valence electrons. The zero-order chi connectivity index (χ0) is 21.4. The highest BCUT2D eigenvalue weighted by Gasteiger charge is 2.33. The van der Waals surface area contributed by atoms with E-state index in [0.29, 0.717) is 26.2 Å². The summed E-state index contributed by atoms with van der Waals surface area (Å²) in [5, 5.41) is -0.553. The van der Waals surface area contributed by atoms with E-state index in [1.165, 1.54) is 20.9 Å². The van der Waals surface area contributed by atoms with Crippen LogP contribution in [0.15, 0.2) is 82.6 Å². The van der Waals surface area contributed by atoms with Gasteiger partial charge < -0.3 is 4.90 Å². The summed E-state index contributed by atoms with van der Waals surface area (Å²) in [5.74, 6) is 0. The molecule has 4 nitrogen and oxygen atoms in total. The quantitative estimate of drug-likeness (QED) is 0.441. The van der Waals surface area contributed by atoms with Crippen LogP contribution in [0.2, 0.25) is 0 Å². The van der Waals surface area contributed by atoms with Crippen molar-refractivity contribution in [2.24, 2.45) is 0 Å². The zero-order valence-corrected chi connectivity index (χ0v) is 19.2. The summed E-state index contributed by atoms with van der Waals surface area (Å²) in [5.41, 5.74) is 4.56. The largest absolute Gasteiger partial charge is 0.369 e. The first kappa shape index (κ1) is 20.6. The number of hydrogen-bond donors (Lipinski definition) is 0. The fourth-order valence-electron chi connectivity index (χ4n) is 4.40. The summed E-state index contributed by atoms with van der Waals surface area (Å²) < 4.78 is 28.5. The molecular weight excluding hydrogens is 424 g/mol. The van der Waals surface area contributed by atoms with Gasteiger partial charge in [0.15, 0.2) is 0 Å². The van der Waals surface area contributed by atoms with Crippen molar-refractivity contribution in [2.75, 3.05) is 31.1 Å². The Morgan fingerprint density at radius 1 is 0.806 bits per heavy atom. The van der Waals surface area contributed by atoms with Crippen molar-refractivity contribution in [1.29, 1.82) is 0 Å². The first-order valence-electron chi connectivity index (χ1n) is 10.7. The Morgan fingerprint density at radius 2 is 1.48 bits per heavy atom. The number of para-hydroxylation sites is 1. The van der Waals surface area contributed by atoms with Crippen molar-refractivity contribution in [2.45, 2.75) is 28.4 Å². The maximum absolute atomic E-state index is 13.4. The Hall–Kier alpha value is -2.28. The van der Waals surface area contributed by atoms with Crippen LogP contribution < -0.4 is 4.90 Å². The third kappa shape index (κ3) is 4.00. The molecule has 0 bridgehead atoms. The molecule has 2 aliphatic rings. The van der Waals surface area contributed by atoms with Gasteiger partial charge in [-0.2, -0.15) is 4.31 Å². The monoisotopic (exact) mass is 450 g/mol. The molecule has 5 rings (SSSR count). The average Bonchev–Trinajstić information content (AvgIpc) is 2.82. The third-order valence-electron chi connectivity index (χ3n) is 6.29. The lowest BCUT2D eigenvalue weighted by molar-refractivity contribution is 0.380. The Balaban J connectivity index is 1.32. The van der Waals surface area contributed by atoms with Crippen LogP contribution in [-0.4, -0.2) is 38.9 Å². The molecule has 2 aliphatic heterocycles. The van der Waals surface area contributed by atoms with Gasteiger partial charge in [0.05, 0.1) is 5.25 Å². The second-order valence-corrected chi connectivity index (χ2v) is 11.5. The molecule has 0 spiro atoms. The molecule has 1 fully saturated rings. The first-order valence-corrected chi connectivity index (χ1v) is 13.0. The molecule has 2 heterocycles. The SMILES string of the molecule is CC(c1ccc2c(c1)Cc1ccccc1S2)S(=O)(=O)N1CCN(c2ccccc2)CC1. The van der Waals surface area contributed by atoms with Gasteiger partial charge in [-0.1, -0.05) is 60.3 Å². The summed E-state index contributed by atoms with van der Waals surface area (Å²) in [6.45, 7) is 4.30. The van der Waals surface area contributed by atoms with Crippen molar-refractivity contribution in [3.8, 4) is 0 Å². The fraction of sp³-hybridized carbons (Fsp3) is 0.280. The lowest BCUT2D eigenvalue weighted by atomic mass is 10.0. The molecule has 0 aromatic heterocycles. The van der Waals surface area contributed by atoms with Crippen LogP contribution in [0.4, 0.5) is 5.69 Å². The minimum absolute atomic E-state index is 0.524. The van der Waals surface area contributed by atoms with Gasteiger partial charge in [-0.25, -0.2) is 8.42 Å². The summed E-state index contributed by atoms with van der Waals surface area (Å²) >= 11 is 1.77. The highest BCUT2D eigenvalue weighted by molar-refractivity contribution is 7.99. The van der Waals surface area contributed by atoms with Crippen LogP contribution in [0, 0.1) is 0 Å². The van der Waals surface area contributed by atoms with E-state index in [1.54, 1.807) is 16.1 Å². The number of rotatable bonds is 4. The van der Waals surface area contributed by atoms with E-state index < -0.39 is 15.3 Å². The molecule has 0 N–H and O–H groups in total. The van der Waals surface area contributed by atoms with Gasteiger partial charge in [0.2, 0.25) is 10.0 Å². The molecule has 1 saturated heterocycles. The molecule has 6 heteroatoms. The molecule has 1 unspecified atom stereocenters. The van der Waals surface area contributed by atoms with E-state index in [1.807, 2.05) is 31.2 Å². The molecule has 1 atom stereocenters. The van der Waals surface area contributed by atoms with E-state index >= 15 is 0 Å². The highest BCUT2D eigenvalue weighted by atomic mass is 32.2. The van der Waals surface area contributed by atoms with Crippen molar-refractivity contribution < 1.29 is 8.42 Å². The highest BCUT2D eigenvalue weighted by Crippen LogP contribution is 2.41. The number of nitrogens with zero attached hydrogens (tertiary/aromatic N) is 2. The van der Waals surface area contributed by atoms with Crippen molar-refractivity contribution >= 4 is 27.5 Å². The first-order chi connectivity index (χ1) is 15.0. The number of fused-ring (bicyclic) bond motifs is 2. The van der Waals surface area contributed by atoms with Gasteiger partial charge in [0, 0.05) is 41.7 Å². The number of hydrogen-bond acceptors (Lipinski definition) is 4. The van der Waals surface area contributed by atoms with Crippen LogP contribution in [-0.2, 0) is 16.4 Å². The lowest BCUT2D eigenvalue weighted by Crippen LogP contribution is -2.49. The molecule has 0 radical (unpaired) electrons. The number of sulfonamides is 1. The van der Waals surface area contributed by atoms with Gasteiger partial charge in [-0.3, -0.25) is 0 Å². The predicted octanol–water partition coefficient (Wildman–Crippen LogP) is 4.96. The number of benzene rings is 3. The zero-order valence-electron chi connectivity index (χ0n) is 17.6. The minimum atomic E-state index is -3.41. The van der Waals surface area contributed by atoms with Gasteiger partial charge >= 0.3 is 0 Å². The van der Waals surface area contributed by atoms with Crippen LogP contribution in [0.5, 0.6) is 0 Å². The summed E-state index contributed by atoms with van der Waals surface area (Å²) in [6.07, 6.45) is 0.856. The van der Waals surface area contributed by atoms with Gasteiger partial charge in [-0.05, 0) is 54.3 Å². The Bertz CT molecular complexity index is 1190. The Kier molecular flexibility index (Phi) is 5.54. The third-order valence-corrected chi connectivity index (χ3v) is 9.78. The van der Waals surface area contributed by atoms with Gasteiger partial charge in [-0.15, -0.1) is 0 Å². The molecule has 3 aromatic carbocycles. The Morgan fingerprint density at radius 3 is 2.26 bits per heavy atom. The lowest BCUT2D eigenvalue weighted by Gasteiger charge is -2.36. The summed E-state index contributed by atoms with van der Waals surface area (Å²) in [7, 11) is -3.41. The molecular formula is C25H26N2O2S2. The molecule has 0 saturated carbocycles. The normalized spacial score (nSPS) is 17.6. The van der Waals surface area contributed by atoms with Gasteiger partial charge in [0.25, 0.3) is 0 Å². The fourth-order valence-corrected chi connectivity index (χ4v) is 7.06. The van der Waals surface area contributed by atoms with E-state index in [0.717, 1.165) is 17.7 Å².